The minimum Gasteiger partial charge on any atom is -0.303 e. The number of nitriles is 1. The Kier molecular flexibility index (Phi) is 9.38. The fourth-order valence-corrected chi connectivity index (χ4v) is 4.29. The van der Waals surface area contributed by atoms with E-state index in [1.807, 2.05) is 12.1 Å². The van der Waals surface area contributed by atoms with E-state index >= 15 is 0 Å². The molecule has 0 spiro atoms. The van der Waals surface area contributed by atoms with Gasteiger partial charge in [0.05, 0.1) is 11.5 Å². The van der Waals surface area contributed by atoms with E-state index in [1.165, 1.54) is 5.56 Å². The molecule has 2 aromatic rings. The first-order chi connectivity index (χ1) is 14.1. The second kappa shape index (κ2) is 11.8. The van der Waals surface area contributed by atoms with Gasteiger partial charge in [-0.25, -0.2) is 0 Å². The molecule has 0 saturated carbocycles. The lowest BCUT2D eigenvalue weighted by atomic mass is 9.67. The summed E-state index contributed by atoms with van der Waals surface area (Å²) in [4.78, 5) is 4.93. The Morgan fingerprint density at radius 2 is 1.21 bits per heavy atom. The molecular weight excluding hydrogens is 354 g/mol. The van der Waals surface area contributed by atoms with Crippen LogP contribution in [0.4, 0.5) is 0 Å². The van der Waals surface area contributed by atoms with Crippen molar-refractivity contribution in [3.63, 3.8) is 0 Å². The maximum absolute atomic E-state index is 10.7. The average molecular weight is 392 g/mol. The Labute approximate surface area is 178 Å². The van der Waals surface area contributed by atoms with Crippen LogP contribution in [0, 0.1) is 17.2 Å². The van der Waals surface area contributed by atoms with Crippen molar-refractivity contribution in [2.45, 2.75) is 39.5 Å². The van der Waals surface area contributed by atoms with Crippen LogP contribution in [0.2, 0.25) is 0 Å². The molecule has 0 aliphatic rings. The van der Waals surface area contributed by atoms with E-state index in [-0.39, 0.29) is 5.92 Å². The average Bonchev–Trinajstić information content (AvgIpc) is 2.79. The summed E-state index contributed by atoms with van der Waals surface area (Å²) in [6.07, 6.45) is 0.738. The number of benzene rings is 2. The van der Waals surface area contributed by atoms with Gasteiger partial charge >= 0.3 is 0 Å². The standard InChI is InChI=1S/C26H37N3/c1-5-28(6-2)20-25(21-29(7-3)8-4)26(22-27,24-17-13-10-14-18-24)19-23-15-11-9-12-16-23/h9-18,25H,5-8,19-21H2,1-4H3. The molecule has 3 heteroatoms. The molecule has 29 heavy (non-hydrogen) atoms. The summed E-state index contributed by atoms with van der Waals surface area (Å²) < 4.78 is 0. The third kappa shape index (κ3) is 5.92. The van der Waals surface area contributed by atoms with E-state index in [4.69, 9.17) is 0 Å². The molecule has 0 N–H and O–H groups in total. The minimum atomic E-state index is -0.562. The van der Waals surface area contributed by atoms with Crippen molar-refractivity contribution in [2.24, 2.45) is 5.92 Å². The third-order valence-corrected chi connectivity index (χ3v) is 6.26. The molecular formula is C26H37N3. The SMILES string of the molecule is CCN(CC)CC(CN(CC)CC)C(C#N)(Cc1ccccc1)c1ccccc1. The smallest absolute Gasteiger partial charge is 0.0914 e. The molecule has 1 unspecified atom stereocenters. The molecule has 1 atom stereocenters. The summed E-state index contributed by atoms with van der Waals surface area (Å²) in [6, 6.07) is 23.8. The summed E-state index contributed by atoms with van der Waals surface area (Å²) >= 11 is 0. The van der Waals surface area contributed by atoms with Gasteiger partial charge < -0.3 is 9.80 Å². The highest BCUT2D eigenvalue weighted by molar-refractivity contribution is 5.37. The lowest BCUT2D eigenvalue weighted by Gasteiger charge is -2.41. The topological polar surface area (TPSA) is 30.3 Å². The fraction of sp³-hybridized carbons (Fsp3) is 0.500. The molecule has 2 aromatic carbocycles. The zero-order chi connectivity index (χ0) is 21.1. The molecule has 0 amide bonds. The minimum absolute atomic E-state index is 0.218. The summed E-state index contributed by atoms with van der Waals surface area (Å²) in [6.45, 7) is 14.7. The van der Waals surface area contributed by atoms with Gasteiger partial charge in [-0.2, -0.15) is 5.26 Å². The van der Waals surface area contributed by atoms with Gasteiger partial charge in [0.25, 0.3) is 0 Å². The maximum atomic E-state index is 10.7. The molecule has 0 bridgehead atoms. The molecule has 0 aromatic heterocycles. The van der Waals surface area contributed by atoms with E-state index in [0.29, 0.717) is 0 Å². The first-order valence-corrected chi connectivity index (χ1v) is 11.1. The molecule has 0 heterocycles. The van der Waals surface area contributed by atoms with Crippen LogP contribution in [0.1, 0.15) is 38.8 Å². The summed E-state index contributed by atoms with van der Waals surface area (Å²) in [5, 5.41) is 10.7. The molecule has 2 rings (SSSR count). The van der Waals surface area contributed by atoms with E-state index in [9.17, 15) is 5.26 Å². The van der Waals surface area contributed by atoms with Crippen LogP contribution >= 0.6 is 0 Å². The maximum Gasteiger partial charge on any atom is 0.0914 e. The number of hydrogen-bond acceptors (Lipinski definition) is 3. The number of rotatable bonds is 12. The number of nitrogens with zero attached hydrogens (tertiary/aromatic N) is 3. The highest BCUT2D eigenvalue weighted by atomic mass is 15.1. The van der Waals surface area contributed by atoms with E-state index in [0.717, 1.165) is 51.3 Å². The van der Waals surface area contributed by atoms with E-state index in [1.54, 1.807) is 0 Å². The van der Waals surface area contributed by atoms with Gasteiger partial charge in [0.1, 0.15) is 0 Å². The second-order valence-electron chi connectivity index (χ2n) is 7.78. The van der Waals surface area contributed by atoms with E-state index < -0.39 is 5.41 Å². The zero-order valence-electron chi connectivity index (χ0n) is 18.6. The van der Waals surface area contributed by atoms with Crippen molar-refractivity contribution in [3.05, 3.63) is 71.8 Å². The normalized spacial score (nSPS) is 13.6. The largest absolute Gasteiger partial charge is 0.303 e. The Bertz CT molecular complexity index is 716. The van der Waals surface area contributed by atoms with Gasteiger partial charge in [-0.15, -0.1) is 0 Å². The van der Waals surface area contributed by atoms with Gasteiger partial charge in [0.15, 0.2) is 0 Å². The van der Waals surface area contributed by atoms with Crippen LogP contribution in [-0.4, -0.2) is 49.1 Å². The first kappa shape index (κ1) is 23.1. The molecule has 0 aliphatic carbocycles. The summed E-state index contributed by atoms with van der Waals surface area (Å²) in [5.41, 5.74) is 1.80. The second-order valence-corrected chi connectivity index (χ2v) is 7.78. The molecule has 0 saturated heterocycles. The lowest BCUT2D eigenvalue weighted by Crippen LogP contribution is -2.48. The van der Waals surface area contributed by atoms with Crippen molar-refractivity contribution in [2.75, 3.05) is 39.3 Å². The first-order valence-electron chi connectivity index (χ1n) is 11.1. The Hall–Kier alpha value is -2.15. The highest BCUT2D eigenvalue weighted by Crippen LogP contribution is 2.37. The van der Waals surface area contributed by atoms with E-state index in [2.05, 4.69) is 92.1 Å². The molecule has 0 radical (unpaired) electrons. The predicted molar refractivity (Wildman–Crippen MR) is 123 cm³/mol. The van der Waals surface area contributed by atoms with Gasteiger partial charge in [-0.1, -0.05) is 88.4 Å². The van der Waals surface area contributed by atoms with Crippen molar-refractivity contribution in [1.29, 1.82) is 5.26 Å². The van der Waals surface area contributed by atoms with Crippen molar-refractivity contribution >= 4 is 0 Å². The van der Waals surface area contributed by atoms with Gasteiger partial charge in [0, 0.05) is 19.0 Å². The summed E-state index contributed by atoms with van der Waals surface area (Å²) in [7, 11) is 0. The lowest BCUT2D eigenvalue weighted by molar-refractivity contribution is 0.148. The van der Waals surface area contributed by atoms with Gasteiger partial charge in [-0.05, 0) is 43.7 Å². The molecule has 0 fully saturated rings. The monoisotopic (exact) mass is 391 g/mol. The predicted octanol–water partition coefficient (Wildman–Crippen LogP) is 4.99. The third-order valence-electron chi connectivity index (χ3n) is 6.26. The van der Waals surface area contributed by atoms with Crippen LogP contribution in [0.5, 0.6) is 0 Å². The molecule has 156 valence electrons. The quantitative estimate of drug-likeness (QED) is 0.510. The Morgan fingerprint density at radius 1 is 0.759 bits per heavy atom. The van der Waals surface area contributed by atoms with Crippen LogP contribution < -0.4 is 0 Å². The zero-order valence-corrected chi connectivity index (χ0v) is 18.6. The van der Waals surface area contributed by atoms with Crippen LogP contribution in [-0.2, 0) is 11.8 Å². The van der Waals surface area contributed by atoms with Crippen LogP contribution in [0.25, 0.3) is 0 Å². The number of hydrogen-bond donors (Lipinski definition) is 0. The van der Waals surface area contributed by atoms with Crippen LogP contribution in [0.3, 0.4) is 0 Å². The van der Waals surface area contributed by atoms with Crippen molar-refractivity contribution in [1.82, 2.24) is 9.80 Å². The van der Waals surface area contributed by atoms with Crippen molar-refractivity contribution < 1.29 is 0 Å². The van der Waals surface area contributed by atoms with Gasteiger partial charge in [0.2, 0.25) is 0 Å². The Morgan fingerprint density at radius 3 is 1.62 bits per heavy atom. The van der Waals surface area contributed by atoms with Crippen LogP contribution in [0.15, 0.2) is 60.7 Å². The molecule has 0 aliphatic heterocycles. The van der Waals surface area contributed by atoms with Crippen molar-refractivity contribution in [3.8, 4) is 6.07 Å². The Balaban J connectivity index is 2.56. The fourth-order valence-electron chi connectivity index (χ4n) is 4.29. The summed E-state index contributed by atoms with van der Waals surface area (Å²) in [5.74, 6) is 0.218. The highest BCUT2D eigenvalue weighted by Gasteiger charge is 2.42. The molecule has 3 nitrogen and oxygen atoms in total. The van der Waals surface area contributed by atoms with Gasteiger partial charge in [-0.3, -0.25) is 0 Å².